The number of aromatic nitrogens is 1. The standard InChI is InChI=1S/C35H28N2.C2H6/c1-4-7-29(20-24(3)37-35-23(2)8-6-19-36-35)25-11-13-26(14-12-25)32-21-30-17-15-27-9-5-10-28-16-18-31(22-32)34(30)33(27)28;1-2/h4-22H,1-3H3;1-2H3/b7-4-,29-20+,37-24+;. The van der Waals surface area contributed by atoms with E-state index in [2.05, 4.69) is 102 Å². The Kier molecular flexibility index (Phi) is 7.65. The van der Waals surface area contributed by atoms with Crippen LogP contribution in [0.5, 0.6) is 0 Å². The Morgan fingerprint density at radius 1 is 0.718 bits per heavy atom. The topological polar surface area (TPSA) is 25.2 Å². The van der Waals surface area contributed by atoms with Gasteiger partial charge in [-0.1, -0.05) is 98.8 Å². The highest BCUT2D eigenvalue weighted by Gasteiger charge is 2.10. The molecule has 0 aliphatic carbocycles. The Labute approximate surface area is 231 Å². The van der Waals surface area contributed by atoms with Crippen LogP contribution in [0.3, 0.4) is 0 Å². The van der Waals surface area contributed by atoms with E-state index in [1.54, 1.807) is 6.20 Å². The Balaban J connectivity index is 0.00000151. The van der Waals surface area contributed by atoms with Gasteiger partial charge in [0.2, 0.25) is 0 Å². The molecule has 0 spiro atoms. The third kappa shape index (κ3) is 5.24. The predicted octanol–water partition coefficient (Wildman–Crippen LogP) is 10.7. The highest BCUT2D eigenvalue weighted by Crippen LogP contribution is 2.37. The zero-order valence-corrected chi connectivity index (χ0v) is 23.4. The van der Waals surface area contributed by atoms with Crippen molar-refractivity contribution in [1.82, 2.24) is 4.98 Å². The molecular weight excluding hydrogens is 472 g/mol. The first kappa shape index (κ1) is 26.1. The van der Waals surface area contributed by atoms with Crippen molar-refractivity contribution >= 4 is 49.4 Å². The third-order valence-corrected chi connectivity index (χ3v) is 6.99. The molecule has 0 saturated carbocycles. The lowest BCUT2D eigenvalue weighted by atomic mass is 9.91. The number of rotatable bonds is 5. The minimum absolute atomic E-state index is 0.764. The van der Waals surface area contributed by atoms with Crippen molar-refractivity contribution in [2.75, 3.05) is 0 Å². The second kappa shape index (κ2) is 11.4. The maximum absolute atomic E-state index is 4.73. The summed E-state index contributed by atoms with van der Waals surface area (Å²) in [6.07, 6.45) is 8.11. The Bertz CT molecular complexity index is 1770. The number of benzene rings is 5. The molecule has 192 valence electrons. The van der Waals surface area contributed by atoms with Gasteiger partial charge in [0, 0.05) is 11.9 Å². The molecule has 0 fully saturated rings. The molecule has 5 aromatic carbocycles. The molecule has 0 aliphatic heterocycles. The maximum Gasteiger partial charge on any atom is 0.154 e. The van der Waals surface area contributed by atoms with Crippen molar-refractivity contribution in [1.29, 1.82) is 0 Å². The van der Waals surface area contributed by atoms with Crippen LogP contribution in [0.1, 0.15) is 38.8 Å². The monoisotopic (exact) mass is 506 g/mol. The number of aryl methyl sites for hydroxylation is 1. The molecule has 39 heavy (non-hydrogen) atoms. The van der Waals surface area contributed by atoms with Gasteiger partial charge in [-0.25, -0.2) is 9.98 Å². The highest BCUT2D eigenvalue weighted by molar-refractivity contribution is 6.23. The molecule has 0 atom stereocenters. The highest BCUT2D eigenvalue weighted by atomic mass is 14.9. The van der Waals surface area contributed by atoms with E-state index in [1.807, 2.05) is 46.8 Å². The third-order valence-electron chi connectivity index (χ3n) is 6.99. The smallest absolute Gasteiger partial charge is 0.154 e. The first-order chi connectivity index (χ1) is 19.1. The summed E-state index contributed by atoms with van der Waals surface area (Å²) >= 11 is 0. The Hall–Kier alpha value is -4.56. The van der Waals surface area contributed by atoms with Crippen LogP contribution in [0.4, 0.5) is 5.82 Å². The molecule has 0 radical (unpaired) electrons. The zero-order chi connectivity index (χ0) is 27.4. The molecular formula is C37H34N2. The molecule has 2 heteroatoms. The van der Waals surface area contributed by atoms with Crippen LogP contribution in [0.25, 0.3) is 49.0 Å². The fraction of sp³-hybridized carbons (Fsp3) is 0.135. The van der Waals surface area contributed by atoms with E-state index in [9.17, 15) is 0 Å². The van der Waals surface area contributed by atoms with Gasteiger partial charge in [-0.05, 0) is 105 Å². The van der Waals surface area contributed by atoms with Gasteiger partial charge in [-0.3, -0.25) is 0 Å². The minimum Gasteiger partial charge on any atom is -0.237 e. The Morgan fingerprint density at radius 2 is 1.33 bits per heavy atom. The van der Waals surface area contributed by atoms with E-state index in [1.165, 1.54) is 43.4 Å². The summed E-state index contributed by atoms with van der Waals surface area (Å²) in [4.78, 5) is 9.14. The largest absolute Gasteiger partial charge is 0.237 e. The van der Waals surface area contributed by atoms with Crippen LogP contribution >= 0.6 is 0 Å². The van der Waals surface area contributed by atoms with E-state index < -0.39 is 0 Å². The summed E-state index contributed by atoms with van der Waals surface area (Å²) < 4.78 is 0. The number of aliphatic imine (C=N–C) groups is 1. The molecule has 0 N–H and O–H groups in total. The summed E-state index contributed by atoms with van der Waals surface area (Å²) in [6, 6.07) is 33.0. The van der Waals surface area contributed by atoms with E-state index in [4.69, 9.17) is 4.99 Å². The fourth-order valence-corrected chi connectivity index (χ4v) is 5.20. The van der Waals surface area contributed by atoms with Crippen molar-refractivity contribution in [3.05, 3.63) is 127 Å². The molecule has 0 aliphatic rings. The fourth-order valence-electron chi connectivity index (χ4n) is 5.20. The number of hydrogen-bond acceptors (Lipinski definition) is 2. The molecule has 0 amide bonds. The molecule has 1 aromatic heterocycles. The number of nitrogens with zero attached hydrogens (tertiary/aromatic N) is 2. The van der Waals surface area contributed by atoms with Gasteiger partial charge in [0.1, 0.15) is 0 Å². The quantitative estimate of drug-likeness (QED) is 0.130. The predicted molar refractivity (Wildman–Crippen MR) is 171 cm³/mol. The van der Waals surface area contributed by atoms with Gasteiger partial charge in [-0.15, -0.1) is 0 Å². The van der Waals surface area contributed by atoms with Gasteiger partial charge in [-0.2, -0.15) is 0 Å². The Morgan fingerprint density at radius 3 is 1.95 bits per heavy atom. The molecule has 6 rings (SSSR count). The van der Waals surface area contributed by atoms with Gasteiger partial charge in [0.05, 0.1) is 0 Å². The van der Waals surface area contributed by atoms with Crippen molar-refractivity contribution in [3.63, 3.8) is 0 Å². The number of pyridine rings is 1. The van der Waals surface area contributed by atoms with Crippen molar-refractivity contribution in [2.45, 2.75) is 34.6 Å². The molecule has 0 unspecified atom stereocenters. The second-order valence-corrected chi connectivity index (χ2v) is 9.58. The number of allylic oxidation sites excluding steroid dienone is 4. The van der Waals surface area contributed by atoms with E-state index in [0.29, 0.717) is 0 Å². The van der Waals surface area contributed by atoms with Crippen molar-refractivity contribution in [2.24, 2.45) is 4.99 Å². The summed E-state index contributed by atoms with van der Waals surface area (Å²) in [6.45, 7) is 10.1. The van der Waals surface area contributed by atoms with E-state index in [-0.39, 0.29) is 0 Å². The summed E-state index contributed by atoms with van der Waals surface area (Å²) in [7, 11) is 0. The lowest BCUT2D eigenvalue weighted by molar-refractivity contribution is 1.22. The van der Waals surface area contributed by atoms with E-state index >= 15 is 0 Å². The molecule has 1 heterocycles. The van der Waals surface area contributed by atoms with Gasteiger partial charge in [0.25, 0.3) is 0 Å². The summed E-state index contributed by atoms with van der Waals surface area (Å²) in [5.74, 6) is 0.764. The molecule has 2 nitrogen and oxygen atoms in total. The second-order valence-electron chi connectivity index (χ2n) is 9.58. The van der Waals surface area contributed by atoms with E-state index in [0.717, 1.165) is 28.2 Å². The lowest BCUT2D eigenvalue weighted by Gasteiger charge is -2.13. The first-order valence-corrected chi connectivity index (χ1v) is 13.7. The summed E-state index contributed by atoms with van der Waals surface area (Å²) in [5.41, 5.74) is 6.72. The normalized spacial score (nSPS) is 12.4. The number of hydrogen-bond donors (Lipinski definition) is 0. The van der Waals surface area contributed by atoms with Crippen molar-refractivity contribution < 1.29 is 0 Å². The average Bonchev–Trinajstić information content (AvgIpc) is 2.98. The van der Waals surface area contributed by atoms with Crippen molar-refractivity contribution in [3.8, 4) is 11.1 Å². The average molecular weight is 507 g/mol. The lowest BCUT2D eigenvalue weighted by Crippen LogP contribution is -1.91. The van der Waals surface area contributed by atoms with Crippen LogP contribution in [0.2, 0.25) is 0 Å². The van der Waals surface area contributed by atoms with Crippen LogP contribution < -0.4 is 0 Å². The maximum atomic E-state index is 4.73. The first-order valence-electron chi connectivity index (χ1n) is 13.7. The molecule has 0 saturated heterocycles. The van der Waals surface area contributed by atoms with Crippen LogP contribution in [-0.4, -0.2) is 10.7 Å². The van der Waals surface area contributed by atoms with Gasteiger partial charge >= 0.3 is 0 Å². The van der Waals surface area contributed by atoms with Crippen LogP contribution in [0.15, 0.2) is 120 Å². The zero-order valence-electron chi connectivity index (χ0n) is 23.4. The minimum atomic E-state index is 0.764. The molecule has 0 bridgehead atoms. The van der Waals surface area contributed by atoms with Crippen LogP contribution in [0, 0.1) is 6.92 Å². The van der Waals surface area contributed by atoms with Gasteiger partial charge < -0.3 is 0 Å². The van der Waals surface area contributed by atoms with Crippen LogP contribution in [-0.2, 0) is 0 Å². The molecule has 6 aromatic rings. The summed E-state index contributed by atoms with van der Waals surface area (Å²) in [5, 5.41) is 7.88. The van der Waals surface area contributed by atoms with Gasteiger partial charge in [0.15, 0.2) is 5.82 Å². The SMILES string of the molecule is CC.C\C=C/C(=C\C(C)=N\c1ncccc1C)c1ccc(-c2cc3ccc4cccc5ccc(c2)c3c45)cc1.